The van der Waals surface area contributed by atoms with Gasteiger partial charge in [-0.3, -0.25) is 9.89 Å². The van der Waals surface area contributed by atoms with Crippen molar-refractivity contribution >= 4 is 22.8 Å². The lowest BCUT2D eigenvalue weighted by molar-refractivity contribution is -0.145. The maximum atomic E-state index is 11.9. The zero-order chi connectivity index (χ0) is 14.0. The van der Waals surface area contributed by atoms with Gasteiger partial charge in [0.2, 0.25) is 5.91 Å². The van der Waals surface area contributed by atoms with E-state index in [2.05, 4.69) is 15.5 Å². The fourth-order valence-electron chi connectivity index (χ4n) is 1.76. The molecule has 0 spiro atoms. The number of aromatic amines is 1. The van der Waals surface area contributed by atoms with Crippen molar-refractivity contribution in [3.63, 3.8) is 0 Å². The predicted molar refractivity (Wildman–Crippen MR) is 69.7 cm³/mol. The van der Waals surface area contributed by atoms with E-state index in [1.165, 1.54) is 13.8 Å². The topological polar surface area (TPSA) is 95.1 Å². The molecule has 0 fully saturated rings. The number of amides is 1. The predicted octanol–water partition coefficient (Wildman–Crippen LogP) is 1.08. The summed E-state index contributed by atoms with van der Waals surface area (Å²) in [6.45, 7) is 2.89. The van der Waals surface area contributed by atoms with Gasteiger partial charge in [0.1, 0.15) is 5.54 Å². The molecule has 0 aliphatic carbocycles. The van der Waals surface area contributed by atoms with Crippen LogP contribution in [0.4, 0.5) is 0 Å². The number of benzene rings is 1. The number of fused-ring (bicyclic) bond motifs is 1. The lowest BCUT2D eigenvalue weighted by Crippen LogP contribution is -2.50. The smallest absolute Gasteiger partial charge is 0.328 e. The molecule has 0 bridgehead atoms. The van der Waals surface area contributed by atoms with Crippen molar-refractivity contribution in [3.05, 3.63) is 30.0 Å². The number of carbonyl (C=O) groups is 2. The van der Waals surface area contributed by atoms with E-state index in [1.54, 1.807) is 0 Å². The number of carbonyl (C=O) groups excluding carboxylic acids is 1. The van der Waals surface area contributed by atoms with E-state index in [-0.39, 0.29) is 12.3 Å². The number of aliphatic carboxylic acids is 1. The Hall–Kier alpha value is -2.37. The van der Waals surface area contributed by atoms with Crippen molar-refractivity contribution in [2.75, 3.05) is 0 Å². The van der Waals surface area contributed by atoms with E-state index in [0.717, 1.165) is 10.9 Å². The molecule has 3 N–H and O–H groups in total. The summed E-state index contributed by atoms with van der Waals surface area (Å²) >= 11 is 0. The highest BCUT2D eigenvalue weighted by Crippen LogP contribution is 2.15. The van der Waals surface area contributed by atoms with Crippen molar-refractivity contribution in [1.29, 1.82) is 0 Å². The van der Waals surface area contributed by atoms with Crippen LogP contribution < -0.4 is 5.32 Å². The van der Waals surface area contributed by atoms with Crippen LogP contribution in [-0.2, 0) is 16.0 Å². The van der Waals surface area contributed by atoms with E-state index in [9.17, 15) is 9.59 Å². The summed E-state index contributed by atoms with van der Waals surface area (Å²) in [7, 11) is 0. The highest BCUT2D eigenvalue weighted by atomic mass is 16.4. The Morgan fingerprint density at radius 2 is 2.05 bits per heavy atom. The van der Waals surface area contributed by atoms with Crippen LogP contribution in [-0.4, -0.2) is 32.7 Å². The molecule has 1 amide bonds. The molecular weight excluding hydrogens is 246 g/mol. The Bertz CT molecular complexity index is 631. The van der Waals surface area contributed by atoms with Crippen molar-refractivity contribution in [2.24, 2.45) is 0 Å². The first-order chi connectivity index (χ1) is 8.90. The zero-order valence-electron chi connectivity index (χ0n) is 10.7. The largest absolute Gasteiger partial charge is 0.480 e. The summed E-state index contributed by atoms with van der Waals surface area (Å²) in [5.41, 5.74) is 0.171. The maximum Gasteiger partial charge on any atom is 0.328 e. The molecule has 0 aliphatic heterocycles. The first-order valence-corrected chi connectivity index (χ1v) is 5.86. The molecule has 100 valence electrons. The molecule has 0 saturated carbocycles. The highest BCUT2D eigenvalue weighted by molar-refractivity contribution is 5.90. The number of hydrogen-bond acceptors (Lipinski definition) is 3. The molecule has 1 aromatic carbocycles. The third-order valence-electron chi connectivity index (χ3n) is 2.86. The Morgan fingerprint density at radius 1 is 1.37 bits per heavy atom. The minimum absolute atomic E-state index is 0.0667. The average Bonchev–Trinajstić information content (AvgIpc) is 2.72. The monoisotopic (exact) mass is 261 g/mol. The van der Waals surface area contributed by atoms with E-state index >= 15 is 0 Å². The first kappa shape index (κ1) is 13.1. The number of para-hydroxylation sites is 1. The summed E-state index contributed by atoms with van der Waals surface area (Å²) in [5, 5.41) is 19.2. The number of carboxylic acids is 1. The minimum atomic E-state index is -1.28. The molecule has 1 aromatic heterocycles. The fourth-order valence-corrected chi connectivity index (χ4v) is 1.76. The van der Waals surface area contributed by atoms with Crippen LogP contribution in [0.25, 0.3) is 10.9 Å². The second-order valence-corrected chi connectivity index (χ2v) is 4.87. The van der Waals surface area contributed by atoms with Crippen LogP contribution in [0.5, 0.6) is 0 Å². The molecule has 0 saturated heterocycles. The third kappa shape index (κ3) is 2.73. The molecule has 6 nitrogen and oxygen atoms in total. The van der Waals surface area contributed by atoms with Gasteiger partial charge in [-0.1, -0.05) is 18.2 Å². The molecule has 0 aliphatic rings. The standard InChI is InChI=1S/C13H15N3O3/c1-13(2,12(18)19)14-11(17)7-10-8-5-3-4-6-9(8)15-16-10/h3-6H,7H2,1-2H3,(H,14,17)(H,15,16)(H,18,19). The number of nitrogens with one attached hydrogen (secondary N) is 2. The Morgan fingerprint density at radius 3 is 2.74 bits per heavy atom. The summed E-state index contributed by atoms with van der Waals surface area (Å²) in [6, 6.07) is 7.43. The number of hydrogen-bond donors (Lipinski definition) is 3. The third-order valence-corrected chi connectivity index (χ3v) is 2.86. The first-order valence-electron chi connectivity index (χ1n) is 5.86. The zero-order valence-corrected chi connectivity index (χ0v) is 10.7. The average molecular weight is 261 g/mol. The van der Waals surface area contributed by atoms with Gasteiger partial charge in [0, 0.05) is 5.39 Å². The van der Waals surface area contributed by atoms with Gasteiger partial charge in [0.15, 0.2) is 0 Å². The van der Waals surface area contributed by atoms with Crippen molar-refractivity contribution in [3.8, 4) is 0 Å². The number of H-pyrrole nitrogens is 1. The van der Waals surface area contributed by atoms with Crippen molar-refractivity contribution in [1.82, 2.24) is 15.5 Å². The van der Waals surface area contributed by atoms with Crippen LogP contribution in [0.15, 0.2) is 24.3 Å². The van der Waals surface area contributed by atoms with Gasteiger partial charge in [-0.2, -0.15) is 5.10 Å². The van der Waals surface area contributed by atoms with Crippen LogP contribution >= 0.6 is 0 Å². The van der Waals surface area contributed by atoms with Crippen molar-refractivity contribution < 1.29 is 14.7 Å². The summed E-state index contributed by atoms with van der Waals surface area (Å²) in [4.78, 5) is 22.8. The SMILES string of the molecule is CC(C)(NC(=O)Cc1[nH]nc2ccccc12)C(=O)O. The second kappa shape index (κ2) is 4.72. The quantitative estimate of drug-likeness (QED) is 0.767. The van der Waals surface area contributed by atoms with Crippen LogP contribution in [0, 0.1) is 0 Å². The van der Waals surface area contributed by atoms with E-state index < -0.39 is 11.5 Å². The molecule has 19 heavy (non-hydrogen) atoms. The van der Waals surface area contributed by atoms with E-state index in [1.807, 2.05) is 24.3 Å². The molecule has 2 rings (SSSR count). The Balaban J connectivity index is 2.13. The summed E-state index contributed by atoms with van der Waals surface area (Å²) < 4.78 is 0. The van der Waals surface area contributed by atoms with Crippen LogP contribution in [0.2, 0.25) is 0 Å². The van der Waals surface area contributed by atoms with Gasteiger partial charge in [-0.25, -0.2) is 4.79 Å². The minimum Gasteiger partial charge on any atom is -0.480 e. The lowest BCUT2D eigenvalue weighted by Gasteiger charge is -2.20. The second-order valence-electron chi connectivity index (χ2n) is 4.87. The number of aromatic nitrogens is 2. The maximum absolute atomic E-state index is 11.9. The number of nitrogens with zero attached hydrogens (tertiary/aromatic N) is 1. The molecular formula is C13H15N3O3. The molecule has 2 aromatic rings. The van der Waals surface area contributed by atoms with Gasteiger partial charge in [0.05, 0.1) is 17.6 Å². The number of carboxylic acid groups (broad SMARTS) is 1. The van der Waals surface area contributed by atoms with Gasteiger partial charge in [0.25, 0.3) is 0 Å². The molecule has 0 atom stereocenters. The van der Waals surface area contributed by atoms with Gasteiger partial charge in [-0.15, -0.1) is 0 Å². The van der Waals surface area contributed by atoms with Crippen molar-refractivity contribution in [2.45, 2.75) is 25.8 Å². The van der Waals surface area contributed by atoms with Gasteiger partial charge in [-0.05, 0) is 19.9 Å². The Labute approximate surface area is 109 Å². The van der Waals surface area contributed by atoms with Crippen LogP contribution in [0.1, 0.15) is 19.5 Å². The number of rotatable bonds is 4. The van der Waals surface area contributed by atoms with Crippen LogP contribution in [0.3, 0.4) is 0 Å². The Kier molecular flexibility index (Phi) is 3.25. The summed E-state index contributed by atoms with van der Waals surface area (Å²) in [5.74, 6) is -1.43. The molecule has 0 unspecified atom stereocenters. The molecule has 0 radical (unpaired) electrons. The van der Waals surface area contributed by atoms with E-state index in [0.29, 0.717) is 5.69 Å². The van der Waals surface area contributed by atoms with Gasteiger partial charge < -0.3 is 10.4 Å². The fraction of sp³-hybridized carbons (Fsp3) is 0.308. The molecule has 6 heteroatoms. The summed E-state index contributed by atoms with van der Waals surface area (Å²) in [6.07, 6.45) is 0.0667. The molecule has 1 heterocycles. The lowest BCUT2D eigenvalue weighted by atomic mass is 10.1. The van der Waals surface area contributed by atoms with Gasteiger partial charge >= 0.3 is 5.97 Å². The normalized spacial score (nSPS) is 11.5. The van der Waals surface area contributed by atoms with E-state index in [4.69, 9.17) is 5.11 Å². The highest BCUT2D eigenvalue weighted by Gasteiger charge is 2.29.